The maximum atomic E-state index is 12.5. The van der Waals surface area contributed by atoms with Gasteiger partial charge in [-0.25, -0.2) is 9.48 Å². The maximum Gasteiger partial charge on any atom is 0.350 e. The minimum absolute atomic E-state index is 0.0603. The molecule has 1 fully saturated rings. The molecule has 1 aromatic carbocycles. The number of fused-ring (bicyclic) bond motifs is 2. The molecule has 2 aromatic rings. The van der Waals surface area contributed by atoms with Gasteiger partial charge in [-0.3, -0.25) is 4.57 Å². The molecule has 0 spiro atoms. The SMILES string of the molecule is COc1cc2c(cc1OC)Cc1nn(CC3CC3)c(=O)n1C=C2. The molecule has 1 saturated carbocycles. The molecule has 1 aliphatic carbocycles. The summed E-state index contributed by atoms with van der Waals surface area (Å²) in [6.45, 7) is 0.728. The molecule has 0 saturated heterocycles. The zero-order chi connectivity index (χ0) is 16.0. The van der Waals surface area contributed by atoms with Crippen LogP contribution >= 0.6 is 0 Å². The molecule has 1 aliphatic heterocycles. The van der Waals surface area contributed by atoms with Crippen LogP contribution in [-0.4, -0.2) is 28.6 Å². The van der Waals surface area contributed by atoms with E-state index in [0.717, 1.165) is 23.5 Å². The number of methoxy groups -OCH3 is 2. The van der Waals surface area contributed by atoms with Crippen molar-refractivity contribution < 1.29 is 9.47 Å². The van der Waals surface area contributed by atoms with E-state index in [-0.39, 0.29) is 5.69 Å². The van der Waals surface area contributed by atoms with Gasteiger partial charge >= 0.3 is 5.69 Å². The second-order valence-corrected chi connectivity index (χ2v) is 6.09. The predicted octanol–water partition coefficient (Wildman–Crippen LogP) is 2.00. The van der Waals surface area contributed by atoms with Crippen LogP contribution < -0.4 is 15.2 Å². The van der Waals surface area contributed by atoms with Gasteiger partial charge in [0.15, 0.2) is 11.5 Å². The van der Waals surface area contributed by atoms with Gasteiger partial charge in [-0.15, -0.1) is 0 Å². The Balaban J connectivity index is 1.76. The molecule has 6 heteroatoms. The molecule has 0 amide bonds. The minimum atomic E-state index is -0.0603. The normalized spacial score (nSPS) is 15.7. The van der Waals surface area contributed by atoms with Crippen molar-refractivity contribution in [2.45, 2.75) is 25.8 Å². The van der Waals surface area contributed by atoms with Crippen LogP contribution in [0.3, 0.4) is 0 Å². The van der Waals surface area contributed by atoms with Gasteiger partial charge < -0.3 is 9.47 Å². The molecule has 23 heavy (non-hydrogen) atoms. The number of benzene rings is 1. The molecule has 2 heterocycles. The predicted molar refractivity (Wildman–Crippen MR) is 86.8 cm³/mol. The van der Waals surface area contributed by atoms with Crippen molar-refractivity contribution in [2.75, 3.05) is 14.2 Å². The molecule has 0 N–H and O–H groups in total. The highest BCUT2D eigenvalue weighted by molar-refractivity contribution is 5.68. The van der Waals surface area contributed by atoms with Gasteiger partial charge in [-0.2, -0.15) is 5.10 Å². The summed E-state index contributed by atoms with van der Waals surface area (Å²) >= 11 is 0. The van der Waals surface area contributed by atoms with Gasteiger partial charge in [-0.05, 0) is 48.1 Å². The van der Waals surface area contributed by atoms with Crippen LogP contribution in [0.15, 0.2) is 16.9 Å². The maximum absolute atomic E-state index is 12.5. The topological polar surface area (TPSA) is 58.3 Å². The van der Waals surface area contributed by atoms with E-state index in [1.807, 2.05) is 18.2 Å². The van der Waals surface area contributed by atoms with Crippen molar-refractivity contribution in [3.05, 3.63) is 39.6 Å². The summed E-state index contributed by atoms with van der Waals surface area (Å²) in [5.41, 5.74) is 2.03. The summed E-state index contributed by atoms with van der Waals surface area (Å²) in [5, 5.41) is 4.53. The molecule has 0 bridgehead atoms. The molecular weight excluding hydrogens is 294 g/mol. The summed E-state index contributed by atoms with van der Waals surface area (Å²) in [6.07, 6.45) is 6.72. The zero-order valence-corrected chi connectivity index (χ0v) is 13.3. The van der Waals surface area contributed by atoms with E-state index < -0.39 is 0 Å². The third kappa shape index (κ3) is 2.44. The van der Waals surface area contributed by atoms with Gasteiger partial charge in [0.1, 0.15) is 5.82 Å². The lowest BCUT2D eigenvalue weighted by Gasteiger charge is -2.11. The average molecular weight is 313 g/mol. The van der Waals surface area contributed by atoms with E-state index in [9.17, 15) is 4.79 Å². The Kier molecular flexibility index (Phi) is 3.25. The molecule has 120 valence electrons. The second kappa shape index (κ2) is 5.30. The summed E-state index contributed by atoms with van der Waals surface area (Å²) in [7, 11) is 3.24. The van der Waals surface area contributed by atoms with E-state index in [2.05, 4.69) is 5.10 Å². The summed E-state index contributed by atoms with van der Waals surface area (Å²) in [4.78, 5) is 12.5. The van der Waals surface area contributed by atoms with Crippen molar-refractivity contribution in [3.8, 4) is 11.5 Å². The molecule has 0 radical (unpaired) electrons. The molecule has 0 unspecified atom stereocenters. The van der Waals surface area contributed by atoms with E-state index in [4.69, 9.17) is 9.47 Å². The van der Waals surface area contributed by atoms with Crippen LogP contribution in [-0.2, 0) is 13.0 Å². The Morgan fingerprint density at radius 1 is 1.22 bits per heavy atom. The van der Waals surface area contributed by atoms with Crippen LogP contribution in [0.25, 0.3) is 12.3 Å². The fourth-order valence-electron chi connectivity index (χ4n) is 2.97. The summed E-state index contributed by atoms with van der Waals surface area (Å²) in [5.74, 6) is 2.75. The second-order valence-electron chi connectivity index (χ2n) is 6.09. The van der Waals surface area contributed by atoms with Crippen molar-refractivity contribution in [3.63, 3.8) is 0 Å². The van der Waals surface area contributed by atoms with Crippen LogP contribution in [0.5, 0.6) is 11.5 Å². The molecule has 6 nitrogen and oxygen atoms in total. The zero-order valence-electron chi connectivity index (χ0n) is 13.3. The standard InChI is InChI=1S/C17H19N3O3/c1-22-14-7-12-5-6-19-16(9-13(12)8-15(14)23-2)18-20(17(19)21)10-11-3-4-11/h5-8,11H,3-4,9-10H2,1-2H3. The monoisotopic (exact) mass is 313 g/mol. The molecule has 1 aromatic heterocycles. The van der Waals surface area contributed by atoms with E-state index in [1.54, 1.807) is 29.7 Å². The van der Waals surface area contributed by atoms with Gasteiger partial charge in [0, 0.05) is 19.2 Å². The molecule has 4 rings (SSSR count). The Bertz CT molecular complexity index is 843. The molecule has 0 atom stereocenters. The van der Waals surface area contributed by atoms with Crippen LogP contribution in [0.2, 0.25) is 0 Å². The van der Waals surface area contributed by atoms with Gasteiger partial charge in [0.05, 0.1) is 14.2 Å². The Morgan fingerprint density at radius 2 is 1.96 bits per heavy atom. The highest BCUT2D eigenvalue weighted by Crippen LogP contribution is 2.33. The Hall–Kier alpha value is -2.50. The minimum Gasteiger partial charge on any atom is -0.493 e. The number of aromatic nitrogens is 3. The largest absolute Gasteiger partial charge is 0.493 e. The van der Waals surface area contributed by atoms with E-state index in [0.29, 0.717) is 23.8 Å². The first kappa shape index (κ1) is 14.1. The van der Waals surface area contributed by atoms with Crippen molar-refractivity contribution in [2.24, 2.45) is 5.92 Å². The lowest BCUT2D eigenvalue weighted by molar-refractivity contribution is 0.354. The Labute approximate surface area is 133 Å². The third-order valence-electron chi connectivity index (χ3n) is 4.47. The van der Waals surface area contributed by atoms with Gasteiger partial charge in [0.2, 0.25) is 0 Å². The average Bonchev–Trinajstić information content (AvgIpc) is 3.34. The van der Waals surface area contributed by atoms with E-state index in [1.165, 1.54) is 12.8 Å². The lowest BCUT2D eigenvalue weighted by Crippen LogP contribution is -2.23. The lowest BCUT2D eigenvalue weighted by atomic mass is 10.0. The first-order valence-electron chi connectivity index (χ1n) is 7.81. The first-order valence-corrected chi connectivity index (χ1v) is 7.81. The number of rotatable bonds is 4. The van der Waals surface area contributed by atoms with Crippen LogP contribution in [0, 0.1) is 5.92 Å². The number of ether oxygens (including phenoxy) is 2. The first-order chi connectivity index (χ1) is 11.2. The fraction of sp³-hybridized carbons (Fsp3) is 0.412. The van der Waals surface area contributed by atoms with E-state index >= 15 is 0 Å². The van der Waals surface area contributed by atoms with Crippen LogP contribution in [0.1, 0.15) is 29.8 Å². The number of nitrogens with zero attached hydrogens (tertiary/aromatic N) is 3. The third-order valence-corrected chi connectivity index (χ3v) is 4.47. The quantitative estimate of drug-likeness (QED) is 0.739. The Morgan fingerprint density at radius 3 is 2.65 bits per heavy atom. The highest BCUT2D eigenvalue weighted by atomic mass is 16.5. The molecule has 2 aliphatic rings. The fourth-order valence-corrected chi connectivity index (χ4v) is 2.97. The smallest absolute Gasteiger partial charge is 0.350 e. The van der Waals surface area contributed by atoms with Gasteiger partial charge in [-0.1, -0.05) is 0 Å². The highest BCUT2D eigenvalue weighted by Gasteiger charge is 2.25. The number of hydrogen-bond acceptors (Lipinski definition) is 4. The van der Waals surface area contributed by atoms with Crippen LogP contribution in [0.4, 0.5) is 0 Å². The summed E-state index contributed by atoms with van der Waals surface area (Å²) in [6, 6.07) is 3.89. The van der Waals surface area contributed by atoms with Crippen molar-refractivity contribution >= 4 is 12.3 Å². The molecular formula is C17H19N3O3. The van der Waals surface area contributed by atoms with Crippen molar-refractivity contribution in [1.82, 2.24) is 14.3 Å². The summed E-state index contributed by atoms with van der Waals surface area (Å²) < 4.78 is 14.0. The number of hydrogen-bond donors (Lipinski definition) is 0. The van der Waals surface area contributed by atoms with Crippen molar-refractivity contribution in [1.29, 1.82) is 0 Å². The van der Waals surface area contributed by atoms with Gasteiger partial charge in [0.25, 0.3) is 0 Å².